The molecular weight excluding hydrogens is 542 g/mol. The van der Waals surface area contributed by atoms with Crippen molar-refractivity contribution < 1.29 is 18.3 Å². The average molecular weight is 596 g/mol. The van der Waals surface area contributed by atoms with Crippen molar-refractivity contribution in [2.45, 2.75) is 121 Å². The molecule has 0 spiro atoms. The van der Waals surface area contributed by atoms with Crippen molar-refractivity contribution in [3.8, 4) is 11.5 Å². The number of phenolic OH excluding ortho intramolecular Hbond substituents is 1. The second-order valence-corrected chi connectivity index (χ2v) is 13.4. The maximum absolute atomic E-state index is 12.9. The summed E-state index contributed by atoms with van der Waals surface area (Å²) in [7, 11) is -3.82. The summed E-state index contributed by atoms with van der Waals surface area (Å²) in [6, 6.07) is 17.2. The minimum atomic E-state index is -3.82. The van der Waals surface area contributed by atoms with E-state index in [0.717, 1.165) is 29.5 Å². The van der Waals surface area contributed by atoms with E-state index in [-0.39, 0.29) is 17.2 Å². The highest BCUT2D eigenvalue weighted by Gasteiger charge is 2.21. The molecule has 3 aromatic rings. The van der Waals surface area contributed by atoms with Crippen molar-refractivity contribution in [1.29, 1.82) is 0 Å². The van der Waals surface area contributed by atoms with Gasteiger partial charge < -0.3 is 9.84 Å². The van der Waals surface area contributed by atoms with E-state index in [4.69, 9.17) is 4.74 Å². The van der Waals surface area contributed by atoms with Crippen LogP contribution in [-0.2, 0) is 16.4 Å². The van der Waals surface area contributed by atoms with E-state index in [1.54, 1.807) is 12.1 Å². The smallest absolute Gasteiger partial charge is 0.244 e. The molecule has 0 aliphatic rings. The SMILES string of the molecule is CCCCCCCCCCCCCCCc1cccc(OCCCCNS(=O)(=O)c2cc(C)c3ccccc3c2O)c1. The summed E-state index contributed by atoms with van der Waals surface area (Å²) in [4.78, 5) is -0.0738. The first kappa shape index (κ1) is 33.9. The van der Waals surface area contributed by atoms with Crippen molar-refractivity contribution >= 4 is 20.8 Å². The van der Waals surface area contributed by atoms with E-state index >= 15 is 0 Å². The minimum Gasteiger partial charge on any atom is -0.506 e. The Morgan fingerprint density at radius 2 is 1.33 bits per heavy atom. The Hall–Kier alpha value is -2.57. The van der Waals surface area contributed by atoms with Crippen molar-refractivity contribution in [3.63, 3.8) is 0 Å². The van der Waals surface area contributed by atoms with Gasteiger partial charge in [-0.05, 0) is 67.3 Å². The molecule has 0 heterocycles. The molecule has 5 nitrogen and oxygen atoms in total. The predicted octanol–water partition coefficient (Wildman–Crippen LogP) is 9.63. The highest BCUT2D eigenvalue weighted by atomic mass is 32.2. The lowest BCUT2D eigenvalue weighted by Crippen LogP contribution is -2.25. The van der Waals surface area contributed by atoms with Gasteiger partial charge in [-0.25, -0.2) is 13.1 Å². The normalized spacial score (nSPS) is 11.8. The highest BCUT2D eigenvalue weighted by molar-refractivity contribution is 7.89. The standard InChI is InChI=1S/C36H53NO4S/c1-3-4-5-6-7-8-9-10-11-12-13-14-15-21-31-22-20-23-32(29-31)41-27-19-18-26-37-42(39,40)35-28-30(2)33-24-16-17-25-34(33)36(35)38/h16-17,20,22-25,28-29,37-38H,3-15,18-19,21,26-27H2,1-2H3. The second-order valence-electron chi connectivity index (χ2n) is 11.7. The lowest BCUT2D eigenvalue weighted by atomic mass is 10.0. The number of ether oxygens (including phenoxy) is 1. The second kappa shape index (κ2) is 18.9. The third-order valence-electron chi connectivity index (χ3n) is 8.08. The van der Waals surface area contributed by atoms with Crippen LogP contribution in [0.2, 0.25) is 0 Å². The Morgan fingerprint density at radius 3 is 2.00 bits per heavy atom. The number of nitrogens with one attached hydrogen (secondary N) is 1. The molecule has 42 heavy (non-hydrogen) atoms. The number of benzene rings is 3. The Morgan fingerprint density at radius 1 is 0.714 bits per heavy atom. The lowest BCUT2D eigenvalue weighted by Gasteiger charge is -2.12. The fourth-order valence-corrected chi connectivity index (χ4v) is 6.82. The van der Waals surface area contributed by atoms with Crippen LogP contribution < -0.4 is 9.46 Å². The maximum Gasteiger partial charge on any atom is 0.244 e. The fourth-order valence-electron chi connectivity index (χ4n) is 5.55. The molecule has 0 bridgehead atoms. The van der Waals surface area contributed by atoms with Gasteiger partial charge in [0.15, 0.2) is 0 Å². The molecule has 3 rings (SSSR count). The van der Waals surface area contributed by atoms with Crippen LogP contribution in [0, 0.1) is 6.92 Å². The van der Waals surface area contributed by atoms with E-state index in [2.05, 4.69) is 29.8 Å². The van der Waals surface area contributed by atoms with Gasteiger partial charge in [0.05, 0.1) is 6.61 Å². The minimum absolute atomic E-state index is 0.0738. The molecule has 6 heteroatoms. The van der Waals surface area contributed by atoms with Gasteiger partial charge in [0, 0.05) is 11.9 Å². The molecule has 0 saturated heterocycles. The number of phenols is 1. The van der Waals surface area contributed by atoms with Gasteiger partial charge in [-0.1, -0.05) is 120 Å². The number of unbranched alkanes of at least 4 members (excludes halogenated alkanes) is 13. The molecule has 0 aliphatic heterocycles. The van der Waals surface area contributed by atoms with Crippen LogP contribution in [-0.4, -0.2) is 26.7 Å². The zero-order valence-electron chi connectivity index (χ0n) is 26.0. The molecule has 0 aliphatic carbocycles. The van der Waals surface area contributed by atoms with Crippen LogP contribution in [0.4, 0.5) is 0 Å². The summed E-state index contributed by atoms with van der Waals surface area (Å²) in [6.07, 6.45) is 20.2. The molecule has 0 fully saturated rings. The van der Waals surface area contributed by atoms with E-state index in [1.165, 1.54) is 95.1 Å². The lowest BCUT2D eigenvalue weighted by molar-refractivity contribution is 0.307. The van der Waals surface area contributed by atoms with Gasteiger partial charge in [0.2, 0.25) is 10.0 Å². The largest absolute Gasteiger partial charge is 0.506 e. The number of fused-ring (bicyclic) bond motifs is 1. The molecule has 0 atom stereocenters. The maximum atomic E-state index is 12.9. The van der Waals surface area contributed by atoms with E-state index in [9.17, 15) is 13.5 Å². The molecular formula is C36H53NO4S. The molecule has 0 unspecified atom stereocenters. The molecule has 0 amide bonds. The van der Waals surface area contributed by atoms with Crippen molar-refractivity contribution in [2.24, 2.45) is 0 Å². The van der Waals surface area contributed by atoms with Crippen molar-refractivity contribution in [1.82, 2.24) is 4.72 Å². The van der Waals surface area contributed by atoms with Crippen LogP contribution in [0.25, 0.3) is 10.8 Å². The molecule has 0 radical (unpaired) electrons. The molecule has 0 aromatic heterocycles. The fraction of sp³-hybridized carbons (Fsp3) is 0.556. The Labute approximate surface area is 255 Å². The van der Waals surface area contributed by atoms with Gasteiger partial charge in [-0.3, -0.25) is 0 Å². The first-order valence-electron chi connectivity index (χ1n) is 16.3. The zero-order chi connectivity index (χ0) is 30.0. The summed E-state index contributed by atoms with van der Waals surface area (Å²) in [6.45, 7) is 4.95. The number of hydrogen-bond acceptors (Lipinski definition) is 4. The summed E-state index contributed by atoms with van der Waals surface area (Å²) in [5.74, 6) is 0.671. The van der Waals surface area contributed by atoms with Crippen LogP contribution >= 0.6 is 0 Å². The summed E-state index contributed by atoms with van der Waals surface area (Å²) in [5, 5.41) is 12.0. The Bertz CT molecular complexity index is 1300. The van der Waals surface area contributed by atoms with Gasteiger partial charge in [0.1, 0.15) is 16.4 Å². The first-order chi connectivity index (χ1) is 20.4. The number of aromatic hydroxyl groups is 1. The number of sulfonamides is 1. The Kier molecular flexibility index (Phi) is 15.2. The van der Waals surface area contributed by atoms with Crippen molar-refractivity contribution in [2.75, 3.05) is 13.2 Å². The summed E-state index contributed by atoms with van der Waals surface area (Å²) < 4.78 is 34.3. The van der Waals surface area contributed by atoms with E-state index in [1.807, 2.05) is 25.1 Å². The highest BCUT2D eigenvalue weighted by Crippen LogP contribution is 2.34. The molecule has 232 valence electrons. The van der Waals surface area contributed by atoms with Crippen LogP contribution in [0.1, 0.15) is 114 Å². The van der Waals surface area contributed by atoms with Crippen LogP contribution in [0.15, 0.2) is 59.5 Å². The topological polar surface area (TPSA) is 75.6 Å². The zero-order valence-corrected chi connectivity index (χ0v) is 26.8. The monoisotopic (exact) mass is 595 g/mol. The summed E-state index contributed by atoms with van der Waals surface area (Å²) >= 11 is 0. The number of hydrogen-bond donors (Lipinski definition) is 2. The summed E-state index contributed by atoms with van der Waals surface area (Å²) in [5.41, 5.74) is 2.13. The molecule has 2 N–H and O–H groups in total. The third-order valence-corrected chi connectivity index (χ3v) is 9.55. The van der Waals surface area contributed by atoms with Gasteiger partial charge in [-0.2, -0.15) is 0 Å². The Balaban J connectivity index is 1.26. The number of aryl methyl sites for hydroxylation is 2. The van der Waals surface area contributed by atoms with E-state index in [0.29, 0.717) is 18.4 Å². The van der Waals surface area contributed by atoms with Crippen LogP contribution in [0.3, 0.4) is 0 Å². The van der Waals surface area contributed by atoms with Crippen molar-refractivity contribution in [3.05, 3.63) is 65.7 Å². The first-order valence-corrected chi connectivity index (χ1v) is 17.8. The average Bonchev–Trinajstić information content (AvgIpc) is 2.99. The van der Waals surface area contributed by atoms with Gasteiger partial charge in [-0.15, -0.1) is 0 Å². The quantitative estimate of drug-likeness (QED) is 0.113. The predicted molar refractivity (Wildman–Crippen MR) is 176 cm³/mol. The van der Waals surface area contributed by atoms with Gasteiger partial charge >= 0.3 is 0 Å². The van der Waals surface area contributed by atoms with Crippen LogP contribution in [0.5, 0.6) is 11.5 Å². The number of rotatable bonds is 22. The molecule has 3 aromatic carbocycles. The molecule has 0 saturated carbocycles. The van der Waals surface area contributed by atoms with Gasteiger partial charge in [0.25, 0.3) is 0 Å². The third kappa shape index (κ3) is 11.6. The van der Waals surface area contributed by atoms with E-state index < -0.39 is 10.0 Å².